The molecule has 0 amide bonds. The van der Waals surface area contributed by atoms with Gasteiger partial charge in [0.05, 0.1) is 26.4 Å². The summed E-state index contributed by atoms with van der Waals surface area (Å²) >= 11 is 0. The first-order chi connectivity index (χ1) is 16.5. The molecular formula is C30H48O3Si. The Hall–Kier alpha value is -1.46. The zero-order valence-electron chi connectivity index (χ0n) is 22.2. The normalized spacial score (nSPS) is 12.2. The predicted molar refractivity (Wildman–Crippen MR) is 148 cm³/mol. The maximum atomic E-state index is 6.85. The van der Waals surface area contributed by atoms with E-state index in [-0.39, 0.29) is 5.04 Å². The van der Waals surface area contributed by atoms with Crippen LogP contribution >= 0.6 is 0 Å². The van der Waals surface area contributed by atoms with Gasteiger partial charge in [0, 0.05) is 6.61 Å². The molecule has 0 aromatic heterocycles. The zero-order chi connectivity index (χ0) is 24.5. The van der Waals surface area contributed by atoms with Crippen LogP contribution < -0.4 is 10.4 Å². The standard InChI is InChI=1S/C30H48O3Si/c1-5-6-7-8-9-10-11-18-23-31-24-25-32-26-27-33-34(30(2,3)4,28-19-14-12-15-20-28)29-21-16-13-17-22-29/h12-17,19-22H,5-11,18,23-27H2,1-4H3. The SMILES string of the molecule is CCCCCCCCCCOCCOCCO[Si](c1ccccc1)(c1ccccc1)C(C)(C)C. The second kappa shape index (κ2) is 16.3. The maximum absolute atomic E-state index is 6.85. The molecule has 0 aliphatic heterocycles. The highest BCUT2D eigenvalue weighted by atomic mass is 28.4. The minimum absolute atomic E-state index is 0.00514. The molecule has 0 N–H and O–H groups in total. The topological polar surface area (TPSA) is 27.7 Å². The molecule has 0 unspecified atom stereocenters. The summed E-state index contributed by atoms with van der Waals surface area (Å²) in [6.45, 7) is 12.5. The first-order valence-corrected chi connectivity index (χ1v) is 15.3. The summed E-state index contributed by atoms with van der Waals surface area (Å²) in [6.07, 6.45) is 10.6. The number of hydrogen-bond donors (Lipinski definition) is 0. The van der Waals surface area contributed by atoms with Gasteiger partial charge in [-0.15, -0.1) is 0 Å². The Bertz CT molecular complexity index is 703. The van der Waals surface area contributed by atoms with Crippen LogP contribution in [0.25, 0.3) is 0 Å². The molecule has 0 radical (unpaired) electrons. The van der Waals surface area contributed by atoms with Crippen LogP contribution in [0.1, 0.15) is 79.1 Å². The van der Waals surface area contributed by atoms with E-state index in [1.165, 1.54) is 55.3 Å². The van der Waals surface area contributed by atoms with Gasteiger partial charge in [0.1, 0.15) is 0 Å². The molecule has 0 aliphatic carbocycles. The summed E-state index contributed by atoms with van der Waals surface area (Å²) < 4.78 is 18.5. The van der Waals surface area contributed by atoms with E-state index in [4.69, 9.17) is 13.9 Å². The number of rotatable bonds is 18. The van der Waals surface area contributed by atoms with Gasteiger partial charge in [0.2, 0.25) is 0 Å². The molecule has 0 aliphatic rings. The van der Waals surface area contributed by atoms with E-state index in [0.29, 0.717) is 26.4 Å². The summed E-state index contributed by atoms with van der Waals surface area (Å²) in [5.41, 5.74) is 0. The van der Waals surface area contributed by atoms with E-state index in [2.05, 4.69) is 88.4 Å². The first kappa shape index (κ1) is 28.8. The Balaban J connectivity index is 1.73. The van der Waals surface area contributed by atoms with Gasteiger partial charge in [0.15, 0.2) is 0 Å². The Morgan fingerprint density at radius 3 is 1.50 bits per heavy atom. The summed E-state index contributed by atoms with van der Waals surface area (Å²) in [5, 5.41) is 2.61. The van der Waals surface area contributed by atoms with Crippen LogP contribution in [0, 0.1) is 0 Å². The van der Waals surface area contributed by atoms with Crippen molar-refractivity contribution in [1.29, 1.82) is 0 Å². The monoisotopic (exact) mass is 484 g/mol. The molecule has 0 saturated heterocycles. The summed E-state index contributed by atoms with van der Waals surface area (Å²) in [6, 6.07) is 21.5. The fourth-order valence-corrected chi connectivity index (χ4v) is 9.22. The van der Waals surface area contributed by atoms with Gasteiger partial charge < -0.3 is 13.9 Å². The van der Waals surface area contributed by atoms with Crippen LogP contribution in [0.2, 0.25) is 5.04 Å². The minimum atomic E-state index is -2.47. The number of ether oxygens (including phenoxy) is 2. The highest BCUT2D eigenvalue weighted by Crippen LogP contribution is 2.36. The van der Waals surface area contributed by atoms with Gasteiger partial charge in [-0.1, -0.05) is 133 Å². The molecule has 190 valence electrons. The van der Waals surface area contributed by atoms with Crippen LogP contribution in [0.3, 0.4) is 0 Å². The predicted octanol–water partition coefficient (Wildman–Crippen LogP) is 6.74. The molecule has 2 aromatic carbocycles. The van der Waals surface area contributed by atoms with Gasteiger partial charge >= 0.3 is 0 Å². The van der Waals surface area contributed by atoms with Crippen molar-refractivity contribution in [1.82, 2.24) is 0 Å². The Morgan fingerprint density at radius 2 is 1.00 bits per heavy atom. The average molecular weight is 485 g/mol. The molecule has 3 nitrogen and oxygen atoms in total. The second-order valence-corrected chi connectivity index (χ2v) is 14.5. The van der Waals surface area contributed by atoms with Crippen LogP contribution in [0.4, 0.5) is 0 Å². The first-order valence-electron chi connectivity index (χ1n) is 13.4. The Morgan fingerprint density at radius 1 is 0.559 bits per heavy atom. The Labute approximate surface area is 210 Å². The van der Waals surface area contributed by atoms with Gasteiger partial charge in [-0.3, -0.25) is 0 Å². The molecular weight excluding hydrogens is 436 g/mol. The van der Waals surface area contributed by atoms with Gasteiger partial charge in [0.25, 0.3) is 8.32 Å². The molecule has 2 aromatic rings. The van der Waals surface area contributed by atoms with E-state index >= 15 is 0 Å². The van der Waals surface area contributed by atoms with Gasteiger partial charge in [-0.25, -0.2) is 0 Å². The summed E-state index contributed by atoms with van der Waals surface area (Å²) in [4.78, 5) is 0. The van der Waals surface area contributed by atoms with E-state index in [0.717, 1.165) is 13.0 Å². The van der Waals surface area contributed by atoms with Crippen molar-refractivity contribution in [3.05, 3.63) is 60.7 Å². The highest BCUT2D eigenvalue weighted by molar-refractivity contribution is 6.99. The molecule has 0 heterocycles. The van der Waals surface area contributed by atoms with Gasteiger partial charge in [-0.2, -0.15) is 0 Å². The van der Waals surface area contributed by atoms with Crippen molar-refractivity contribution in [3.8, 4) is 0 Å². The largest absolute Gasteiger partial charge is 0.405 e. The molecule has 0 saturated carbocycles. The summed E-state index contributed by atoms with van der Waals surface area (Å²) in [7, 11) is -2.47. The van der Waals surface area contributed by atoms with Crippen LogP contribution in [-0.2, 0) is 13.9 Å². The molecule has 0 atom stereocenters. The maximum Gasteiger partial charge on any atom is 0.261 e. The minimum Gasteiger partial charge on any atom is -0.405 e. The number of hydrogen-bond acceptors (Lipinski definition) is 3. The average Bonchev–Trinajstić information content (AvgIpc) is 2.84. The molecule has 0 bridgehead atoms. The lowest BCUT2D eigenvalue weighted by atomic mass is 10.1. The third kappa shape index (κ3) is 9.29. The summed E-state index contributed by atoms with van der Waals surface area (Å²) in [5.74, 6) is 0. The lowest BCUT2D eigenvalue weighted by Gasteiger charge is -2.43. The zero-order valence-corrected chi connectivity index (χ0v) is 23.2. The lowest BCUT2D eigenvalue weighted by molar-refractivity contribution is 0.0340. The van der Waals surface area contributed by atoms with E-state index in [1.807, 2.05) is 0 Å². The Kier molecular flexibility index (Phi) is 13.8. The third-order valence-electron chi connectivity index (χ3n) is 6.48. The molecule has 0 spiro atoms. The fourth-order valence-electron chi connectivity index (χ4n) is 4.68. The smallest absolute Gasteiger partial charge is 0.261 e. The number of unbranched alkanes of at least 4 members (excludes halogenated alkanes) is 7. The lowest BCUT2D eigenvalue weighted by Crippen LogP contribution is -2.66. The van der Waals surface area contributed by atoms with Crippen molar-refractivity contribution < 1.29 is 13.9 Å². The van der Waals surface area contributed by atoms with Crippen molar-refractivity contribution >= 4 is 18.7 Å². The van der Waals surface area contributed by atoms with Crippen LogP contribution in [0.5, 0.6) is 0 Å². The van der Waals surface area contributed by atoms with E-state index in [9.17, 15) is 0 Å². The van der Waals surface area contributed by atoms with Gasteiger partial charge in [-0.05, 0) is 21.8 Å². The van der Waals surface area contributed by atoms with Crippen molar-refractivity contribution in [2.75, 3.05) is 33.0 Å². The number of benzene rings is 2. The molecule has 34 heavy (non-hydrogen) atoms. The van der Waals surface area contributed by atoms with Crippen molar-refractivity contribution in [2.24, 2.45) is 0 Å². The van der Waals surface area contributed by atoms with Crippen molar-refractivity contribution in [3.63, 3.8) is 0 Å². The quantitative estimate of drug-likeness (QED) is 0.173. The van der Waals surface area contributed by atoms with Crippen LogP contribution in [-0.4, -0.2) is 41.4 Å². The van der Waals surface area contributed by atoms with E-state index in [1.54, 1.807) is 0 Å². The highest BCUT2D eigenvalue weighted by Gasteiger charge is 2.49. The van der Waals surface area contributed by atoms with Crippen LogP contribution in [0.15, 0.2) is 60.7 Å². The van der Waals surface area contributed by atoms with E-state index < -0.39 is 8.32 Å². The second-order valence-electron chi connectivity index (χ2n) is 10.2. The molecule has 0 fully saturated rings. The third-order valence-corrected chi connectivity index (χ3v) is 11.5. The molecule has 2 rings (SSSR count). The van der Waals surface area contributed by atoms with Crippen molar-refractivity contribution in [2.45, 2.75) is 84.1 Å². The molecule has 4 heteroatoms. The fraction of sp³-hybridized carbons (Fsp3) is 0.600.